The van der Waals surface area contributed by atoms with E-state index in [-0.39, 0.29) is 11.7 Å². The maximum Gasteiger partial charge on any atom is 0.346 e. The van der Waals surface area contributed by atoms with Crippen molar-refractivity contribution >= 4 is 32.5 Å². The molecule has 2 aromatic carbocycles. The van der Waals surface area contributed by atoms with Crippen LogP contribution in [-0.4, -0.2) is 11.0 Å². The van der Waals surface area contributed by atoms with Gasteiger partial charge in [0.05, 0.1) is 15.8 Å². The molecule has 2 heterocycles. The summed E-state index contributed by atoms with van der Waals surface area (Å²) < 4.78 is 6.68. The van der Waals surface area contributed by atoms with Crippen LogP contribution in [0, 0.1) is 0 Å². The predicted molar refractivity (Wildman–Crippen MR) is 108 cm³/mol. The Morgan fingerprint density at radius 2 is 1.88 bits per heavy atom. The number of para-hydroxylation sites is 1. The Morgan fingerprint density at radius 1 is 1.08 bits per heavy atom. The van der Waals surface area contributed by atoms with Gasteiger partial charge in [-0.1, -0.05) is 38.1 Å². The molecule has 1 N–H and O–H groups in total. The summed E-state index contributed by atoms with van der Waals surface area (Å²) in [6.07, 6.45) is 0. The van der Waals surface area contributed by atoms with Gasteiger partial charge in [0.15, 0.2) is 0 Å². The van der Waals surface area contributed by atoms with E-state index in [4.69, 9.17) is 4.42 Å². The van der Waals surface area contributed by atoms with Crippen LogP contribution in [-0.2, 0) is 0 Å². The molecule has 1 atom stereocenters. The molecule has 4 nitrogen and oxygen atoms in total. The molecule has 0 aliphatic heterocycles. The second kappa shape index (κ2) is 6.67. The zero-order valence-corrected chi connectivity index (χ0v) is 15.8. The van der Waals surface area contributed by atoms with E-state index < -0.39 is 0 Å². The predicted octanol–water partition coefficient (Wildman–Crippen LogP) is 5.13. The van der Waals surface area contributed by atoms with E-state index in [1.165, 1.54) is 11.3 Å². The van der Waals surface area contributed by atoms with Gasteiger partial charge < -0.3 is 9.73 Å². The van der Waals surface area contributed by atoms with Gasteiger partial charge in [0, 0.05) is 17.5 Å². The highest BCUT2D eigenvalue weighted by Crippen LogP contribution is 2.30. The van der Waals surface area contributed by atoms with E-state index in [0.717, 1.165) is 21.2 Å². The number of aromatic nitrogens is 1. The maximum atomic E-state index is 12.6. The molecule has 0 saturated carbocycles. The lowest BCUT2D eigenvalue weighted by Crippen LogP contribution is -2.25. The van der Waals surface area contributed by atoms with Crippen molar-refractivity contribution < 1.29 is 4.42 Å². The third kappa shape index (κ3) is 3.16. The quantitative estimate of drug-likeness (QED) is 0.510. The van der Waals surface area contributed by atoms with Gasteiger partial charge in [-0.3, -0.25) is 0 Å². The first-order valence-corrected chi connectivity index (χ1v) is 9.53. The molecule has 0 bridgehead atoms. The fourth-order valence-corrected chi connectivity index (χ4v) is 4.10. The summed E-state index contributed by atoms with van der Waals surface area (Å²) >= 11 is 1.51. The molecule has 0 spiro atoms. The zero-order valence-electron chi connectivity index (χ0n) is 14.9. The van der Waals surface area contributed by atoms with Gasteiger partial charge in [0.25, 0.3) is 0 Å². The van der Waals surface area contributed by atoms with E-state index >= 15 is 0 Å². The number of thiazole rings is 1. The van der Waals surface area contributed by atoms with Crippen LogP contribution < -0.4 is 10.9 Å². The minimum atomic E-state index is -0.349. The van der Waals surface area contributed by atoms with Crippen LogP contribution in [0.15, 0.2) is 57.7 Å². The van der Waals surface area contributed by atoms with Crippen molar-refractivity contribution in [2.45, 2.75) is 32.9 Å². The summed E-state index contributed by atoms with van der Waals surface area (Å²) in [7, 11) is 0. The third-order valence-electron chi connectivity index (χ3n) is 4.37. The molecule has 0 radical (unpaired) electrons. The summed E-state index contributed by atoms with van der Waals surface area (Å²) in [4.78, 5) is 17.1. The van der Waals surface area contributed by atoms with Crippen LogP contribution in [0.1, 0.15) is 32.4 Å². The number of rotatable bonds is 4. The second-order valence-electron chi connectivity index (χ2n) is 6.77. The number of benzene rings is 2. The summed E-state index contributed by atoms with van der Waals surface area (Å²) in [5.41, 5.74) is 2.77. The number of nitrogens with zero attached hydrogens (tertiary/aromatic N) is 1. The van der Waals surface area contributed by atoms with Gasteiger partial charge in [-0.15, -0.1) is 11.3 Å². The van der Waals surface area contributed by atoms with Gasteiger partial charge in [-0.05, 0) is 36.8 Å². The van der Waals surface area contributed by atoms with Crippen molar-refractivity contribution in [2.24, 2.45) is 0 Å². The van der Waals surface area contributed by atoms with E-state index in [9.17, 15) is 4.79 Å². The van der Waals surface area contributed by atoms with Gasteiger partial charge in [0.2, 0.25) is 0 Å². The van der Waals surface area contributed by atoms with E-state index in [1.54, 1.807) is 0 Å². The van der Waals surface area contributed by atoms with Gasteiger partial charge >= 0.3 is 5.63 Å². The minimum Gasteiger partial charge on any atom is -0.422 e. The highest BCUT2D eigenvalue weighted by Gasteiger charge is 2.14. The number of hydrogen-bond donors (Lipinski definition) is 1. The Labute approximate surface area is 155 Å². The molecular formula is C21H20N2O2S. The van der Waals surface area contributed by atoms with Crippen molar-refractivity contribution in [2.75, 3.05) is 0 Å². The SMILES string of the molecule is CC(C)NC(C)c1ccc2cc(-c3nc4ccccc4s3)c(=O)oc2c1. The Morgan fingerprint density at radius 3 is 2.65 bits per heavy atom. The Kier molecular flexibility index (Phi) is 4.34. The van der Waals surface area contributed by atoms with Crippen molar-refractivity contribution in [1.29, 1.82) is 0 Å². The van der Waals surface area contributed by atoms with Crippen LogP contribution in [0.3, 0.4) is 0 Å². The molecule has 0 aliphatic carbocycles. The number of nitrogens with one attached hydrogen (secondary N) is 1. The summed E-state index contributed by atoms with van der Waals surface area (Å²) in [5.74, 6) is 0. The second-order valence-corrected chi connectivity index (χ2v) is 7.81. The summed E-state index contributed by atoms with van der Waals surface area (Å²) in [6.45, 7) is 6.33. The number of fused-ring (bicyclic) bond motifs is 2. The molecule has 5 heteroatoms. The van der Waals surface area contributed by atoms with Gasteiger partial charge in [-0.25, -0.2) is 9.78 Å². The molecule has 26 heavy (non-hydrogen) atoms. The molecule has 0 amide bonds. The van der Waals surface area contributed by atoms with E-state index in [0.29, 0.717) is 22.2 Å². The molecule has 0 aliphatic rings. The maximum absolute atomic E-state index is 12.6. The first-order chi connectivity index (χ1) is 12.5. The first-order valence-electron chi connectivity index (χ1n) is 8.71. The molecule has 132 valence electrons. The molecule has 4 rings (SSSR count). The average molecular weight is 364 g/mol. The molecule has 0 fully saturated rings. The molecule has 0 saturated heterocycles. The monoisotopic (exact) mass is 364 g/mol. The van der Waals surface area contributed by atoms with Crippen molar-refractivity contribution in [3.05, 3.63) is 64.5 Å². The standard InChI is InChI=1S/C21H20N2O2S/c1-12(2)22-13(3)14-8-9-15-10-16(21(24)25-18(15)11-14)20-23-17-6-4-5-7-19(17)26-20/h4-13,22H,1-3H3. The fraction of sp³-hybridized carbons (Fsp3) is 0.238. The van der Waals surface area contributed by atoms with Crippen LogP contribution in [0.2, 0.25) is 0 Å². The van der Waals surface area contributed by atoms with E-state index in [2.05, 4.69) is 37.1 Å². The lowest BCUT2D eigenvalue weighted by Gasteiger charge is -2.17. The minimum absolute atomic E-state index is 0.189. The summed E-state index contributed by atoms with van der Waals surface area (Å²) in [6, 6.07) is 16.4. The van der Waals surface area contributed by atoms with Crippen LogP contribution in [0.4, 0.5) is 0 Å². The van der Waals surface area contributed by atoms with Crippen LogP contribution >= 0.6 is 11.3 Å². The highest BCUT2D eigenvalue weighted by atomic mass is 32.1. The smallest absolute Gasteiger partial charge is 0.346 e. The van der Waals surface area contributed by atoms with Crippen molar-refractivity contribution in [3.8, 4) is 10.6 Å². The van der Waals surface area contributed by atoms with Gasteiger partial charge in [-0.2, -0.15) is 0 Å². The van der Waals surface area contributed by atoms with Crippen LogP contribution in [0.5, 0.6) is 0 Å². The molecule has 4 aromatic rings. The largest absolute Gasteiger partial charge is 0.422 e. The zero-order chi connectivity index (χ0) is 18.3. The third-order valence-corrected chi connectivity index (χ3v) is 5.44. The van der Waals surface area contributed by atoms with Gasteiger partial charge in [0.1, 0.15) is 10.6 Å². The fourth-order valence-electron chi connectivity index (χ4n) is 3.13. The van der Waals surface area contributed by atoms with Crippen molar-refractivity contribution in [3.63, 3.8) is 0 Å². The lowest BCUT2D eigenvalue weighted by atomic mass is 10.1. The Hall–Kier alpha value is -2.50. The highest BCUT2D eigenvalue weighted by molar-refractivity contribution is 7.21. The molecular weight excluding hydrogens is 344 g/mol. The normalized spacial score (nSPS) is 12.9. The lowest BCUT2D eigenvalue weighted by molar-refractivity contribution is 0.504. The van der Waals surface area contributed by atoms with Crippen LogP contribution in [0.25, 0.3) is 31.8 Å². The summed E-state index contributed by atoms with van der Waals surface area (Å²) in [5, 5.41) is 5.06. The Bertz CT molecular complexity index is 1110. The number of hydrogen-bond acceptors (Lipinski definition) is 5. The van der Waals surface area contributed by atoms with Crippen molar-refractivity contribution in [1.82, 2.24) is 10.3 Å². The first kappa shape index (κ1) is 16.9. The topological polar surface area (TPSA) is 55.1 Å². The van der Waals surface area contributed by atoms with E-state index in [1.807, 2.05) is 42.5 Å². The average Bonchev–Trinajstić information content (AvgIpc) is 3.03. The Balaban J connectivity index is 1.78. The molecule has 1 unspecified atom stereocenters. The molecule has 2 aromatic heterocycles.